The largest absolute Gasteiger partial charge is 0.493 e. The molecule has 3 rings (SSSR count). The molecule has 20 heavy (non-hydrogen) atoms. The fourth-order valence-electron chi connectivity index (χ4n) is 2.39. The number of anilines is 1. The van der Waals surface area contributed by atoms with E-state index in [0.29, 0.717) is 6.61 Å². The number of nitrogens with zero attached hydrogens (tertiary/aromatic N) is 1. The number of nitrogens with one attached hydrogen (secondary N) is 1. The zero-order chi connectivity index (χ0) is 14.1. The van der Waals surface area contributed by atoms with Crippen LogP contribution in [0.2, 0.25) is 0 Å². The van der Waals surface area contributed by atoms with Crippen LogP contribution in [0.15, 0.2) is 12.1 Å². The van der Waals surface area contributed by atoms with Crippen molar-refractivity contribution >= 4 is 26.7 Å². The fraction of sp³-hybridized carbons (Fsp3) is 0.500. The van der Waals surface area contributed by atoms with E-state index in [0.717, 1.165) is 29.4 Å². The van der Waals surface area contributed by atoms with Crippen LogP contribution >= 0.6 is 11.3 Å². The molecule has 0 amide bonds. The monoisotopic (exact) mass is 293 g/mol. The molecule has 3 N–H and O–H groups in total. The highest BCUT2D eigenvalue weighted by atomic mass is 32.1. The van der Waals surface area contributed by atoms with Gasteiger partial charge in [0.15, 0.2) is 5.13 Å². The van der Waals surface area contributed by atoms with Crippen LogP contribution < -0.4 is 15.8 Å². The number of rotatable bonds is 5. The van der Waals surface area contributed by atoms with Crippen molar-refractivity contribution in [3.63, 3.8) is 0 Å². The Balaban J connectivity index is 1.89. The van der Waals surface area contributed by atoms with Gasteiger partial charge < -0.3 is 20.5 Å². The second-order valence-electron chi connectivity index (χ2n) is 5.07. The van der Waals surface area contributed by atoms with E-state index in [4.69, 9.17) is 20.2 Å². The summed E-state index contributed by atoms with van der Waals surface area (Å²) in [7, 11) is 1.68. The van der Waals surface area contributed by atoms with E-state index < -0.39 is 0 Å². The van der Waals surface area contributed by atoms with Crippen LogP contribution in [0.5, 0.6) is 5.75 Å². The quantitative estimate of drug-likeness (QED) is 0.882. The highest BCUT2D eigenvalue weighted by Gasteiger charge is 2.20. The van der Waals surface area contributed by atoms with Crippen molar-refractivity contribution in [3.8, 4) is 5.75 Å². The molecule has 0 radical (unpaired) electrons. The predicted molar refractivity (Wildman–Crippen MR) is 81.8 cm³/mol. The van der Waals surface area contributed by atoms with Gasteiger partial charge in [-0.05, 0) is 19.1 Å². The number of nitrogens with two attached hydrogens (primary N) is 1. The molecule has 5 nitrogen and oxygen atoms in total. The fourth-order valence-corrected chi connectivity index (χ4v) is 3.35. The van der Waals surface area contributed by atoms with Gasteiger partial charge in [-0.15, -0.1) is 0 Å². The van der Waals surface area contributed by atoms with Gasteiger partial charge in [-0.3, -0.25) is 0 Å². The number of hydrogen-bond donors (Lipinski definition) is 2. The lowest BCUT2D eigenvalue weighted by molar-refractivity contribution is 0.179. The molecular formula is C14H19N3O2S. The summed E-state index contributed by atoms with van der Waals surface area (Å²) in [5.74, 6) is 0.968. The van der Waals surface area contributed by atoms with Crippen molar-refractivity contribution in [3.05, 3.63) is 17.7 Å². The first kappa shape index (κ1) is 13.6. The third-order valence-corrected chi connectivity index (χ3v) is 4.47. The summed E-state index contributed by atoms with van der Waals surface area (Å²) in [4.78, 5) is 4.71. The molecule has 1 aliphatic heterocycles. The van der Waals surface area contributed by atoms with Gasteiger partial charge >= 0.3 is 0 Å². The van der Waals surface area contributed by atoms with Crippen LogP contribution in [0.3, 0.4) is 0 Å². The van der Waals surface area contributed by atoms with Crippen LogP contribution in [-0.2, 0) is 11.2 Å². The van der Waals surface area contributed by atoms with Crippen molar-refractivity contribution in [2.24, 2.45) is 5.73 Å². The van der Waals surface area contributed by atoms with E-state index >= 15 is 0 Å². The summed E-state index contributed by atoms with van der Waals surface area (Å²) >= 11 is 1.65. The predicted octanol–water partition coefficient (Wildman–Crippen LogP) is 2.01. The van der Waals surface area contributed by atoms with Crippen molar-refractivity contribution < 1.29 is 9.47 Å². The lowest BCUT2D eigenvalue weighted by Crippen LogP contribution is -2.41. The number of benzene rings is 1. The highest BCUT2D eigenvalue weighted by molar-refractivity contribution is 7.22. The standard InChI is InChI=1S/C14H19N3O2S/c1-8(15)10(7-18-2)16-14-17-13-9-5-6-19-11(9)3-4-12(13)20-14/h3-4,8,10H,5-7,15H2,1-2H3,(H,16,17)/t8-,10+/m0/s1. The van der Waals surface area contributed by atoms with Gasteiger partial charge in [0.1, 0.15) is 5.75 Å². The smallest absolute Gasteiger partial charge is 0.184 e. The highest BCUT2D eigenvalue weighted by Crippen LogP contribution is 2.36. The summed E-state index contributed by atoms with van der Waals surface area (Å²) in [6.45, 7) is 3.28. The molecule has 0 saturated carbocycles. The summed E-state index contributed by atoms with van der Waals surface area (Å²) < 4.78 is 12.0. The lowest BCUT2D eigenvalue weighted by Gasteiger charge is -2.20. The van der Waals surface area contributed by atoms with E-state index in [1.165, 1.54) is 10.3 Å². The third kappa shape index (κ3) is 2.46. The summed E-state index contributed by atoms with van der Waals surface area (Å²) in [5, 5.41) is 4.27. The van der Waals surface area contributed by atoms with Gasteiger partial charge in [0.25, 0.3) is 0 Å². The third-order valence-electron chi connectivity index (χ3n) is 3.52. The van der Waals surface area contributed by atoms with Gasteiger partial charge in [-0.1, -0.05) is 11.3 Å². The van der Waals surface area contributed by atoms with E-state index in [9.17, 15) is 0 Å². The first-order valence-corrected chi connectivity index (χ1v) is 7.57. The van der Waals surface area contributed by atoms with Gasteiger partial charge in [0.2, 0.25) is 0 Å². The second kappa shape index (κ2) is 5.55. The molecule has 0 spiro atoms. The van der Waals surface area contributed by atoms with Gasteiger partial charge in [0.05, 0.1) is 29.5 Å². The zero-order valence-electron chi connectivity index (χ0n) is 11.7. The van der Waals surface area contributed by atoms with Crippen LogP contribution in [0.25, 0.3) is 10.2 Å². The first-order chi connectivity index (χ1) is 9.69. The van der Waals surface area contributed by atoms with E-state index in [1.54, 1.807) is 18.4 Å². The summed E-state index contributed by atoms with van der Waals surface area (Å²) in [5.41, 5.74) is 8.24. The Morgan fingerprint density at radius 2 is 2.40 bits per heavy atom. The minimum absolute atomic E-state index is 0.00369. The molecule has 0 unspecified atom stereocenters. The Hall–Kier alpha value is -1.37. The van der Waals surface area contributed by atoms with Crippen molar-refractivity contribution in [1.29, 1.82) is 0 Å². The first-order valence-electron chi connectivity index (χ1n) is 6.75. The van der Waals surface area contributed by atoms with Crippen LogP contribution in [0, 0.1) is 0 Å². The number of thiazole rings is 1. The van der Waals surface area contributed by atoms with Crippen LogP contribution in [0.1, 0.15) is 12.5 Å². The second-order valence-corrected chi connectivity index (χ2v) is 6.10. The van der Waals surface area contributed by atoms with E-state index in [1.807, 2.05) is 13.0 Å². The van der Waals surface area contributed by atoms with Crippen molar-refractivity contribution in [2.75, 3.05) is 25.6 Å². The lowest BCUT2D eigenvalue weighted by atomic mass is 10.1. The molecule has 1 aliphatic rings. The number of ether oxygens (including phenoxy) is 2. The summed E-state index contributed by atoms with van der Waals surface area (Å²) in [6, 6.07) is 4.16. The minimum atomic E-state index is -0.00369. The van der Waals surface area contributed by atoms with Crippen molar-refractivity contribution in [2.45, 2.75) is 25.4 Å². The molecule has 2 heterocycles. The molecule has 0 bridgehead atoms. The van der Waals surface area contributed by atoms with Gasteiger partial charge in [-0.25, -0.2) is 4.98 Å². The normalized spacial score (nSPS) is 16.8. The topological polar surface area (TPSA) is 69.4 Å². The van der Waals surface area contributed by atoms with Crippen LogP contribution in [0.4, 0.5) is 5.13 Å². The molecule has 2 aromatic rings. The zero-order valence-corrected chi connectivity index (χ0v) is 12.5. The maximum atomic E-state index is 5.97. The molecule has 1 aromatic carbocycles. The number of hydrogen-bond acceptors (Lipinski definition) is 6. The van der Waals surface area contributed by atoms with Gasteiger partial charge in [-0.2, -0.15) is 0 Å². The Labute approximate surface area is 122 Å². The number of methoxy groups -OCH3 is 1. The van der Waals surface area contributed by atoms with Crippen LogP contribution in [-0.4, -0.2) is 37.4 Å². The maximum Gasteiger partial charge on any atom is 0.184 e. The molecule has 0 aliphatic carbocycles. The maximum absolute atomic E-state index is 5.97. The Morgan fingerprint density at radius 3 is 3.15 bits per heavy atom. The molecule has 108 valence electrons. The number of fused-ring (bicyclic) bond motifs is 3. The Bertz CT molecular complexity index is 612. The molecule has 6 heteroatoms. The van der Waals surface area contributed by atoms with E-state index in [-0.39, 0.29) is 12.1 Å². The summed E-state index contributed by atoms with van der Waals surface area (Å²) in [6.07, 6.45) is 0.935. The van der Waals surface area contributed by atoms with Gasteiger partial charge in [0, 0.05) is 25.1 Å². The average molecular weight is 293 g/mol. The van der Waals surface area contributed by atoms with Crippen molar-refractivity contribution in [1.82, 2.24) is 4.98 Å². The molecule has 1 aromatic heterocycles. The number of aromatic nitrogens is 1. The van der Waals surface area contributed by atoms with E-state index in [2.05, 4.69) is 11.4 Å². The minimum Gasteiger partial charge on any atom is -0.493 e. The molecular weight excluding hydrogens is 274 g/mol. The molecule has 2 atom stereocenters. The Morgan fingerprint density at radius 1 is 1.55 bits per heavy atom. The SMILES string of the molecule is COC[C@@H](Nc1nc2c3c(ccc2s1)OCC3)[C@H](C)N. The Kier molecular flexibility index (Phi) is 3.78. The average Bonchev–Trinajstić information content (AvgIpc) is 3.02. The molecule has 0 fully saturated rings. The molecule has 0 saturated heterocycles.